The second-order valence-electron chi connectivity index (χ2n) is 5.98. The highest BCUT2D eigenvalue weighted by molar-refractivity contribution is 5.64. The first-order valence-corrected chi connectivity index (χ1v) is 7.59. The minimum absolute atomic E-state index is 0.0642. The number of halogens is 1. The van der Waals surface area contributed by atoms with Crippen LogP contribution in [0.15, 0.2) is 61.1 Å². The number of imidazole rings is 1. The molecule has 0 aliphatic rings. The number of nitrogens with zero attached hydrogens (tertiary/aromatic N) is 1. The van der Waals surface area contributed by atoms with Crippen molar-refractivity contribution in [3.63, 3.8) is 0 Å². The Kier molecular flexibility index (Phi) is 4.01. The van der Waals surface area contributed by atoms with Crippen LogP contribution in [-0.4, -0.2) is 15.1 Å². The van der Waals surface area contributed by atoms with Crippen LogP contribution in [-0.2, 0) is 5.60 Å². The van der Waals surface area contributed by atoms with Crippen molar-refractivity contribution in [2.24, 2.45) is 5.92 Å². The number of benzene rings is 2. The zero-order valence-corrected chi connectivity index (χ0v) is 13.1. The summed E-state index contributed by atoms with van der Waals surface area (Å²) in [5.41, 5.74) is 1.85. The van der Waals surface area contributed by atoms with Crippen LogP contribution < -0.4 is 0 Å². The van der Waals surface area contributed by atoms with Crippen LogP contribution in [0.2, 0.25) is 0 Å². The number of rotatable bonds is 4. The zero-order valence-electron chi connectivity index (χ0n) is 13.1. The van der Waals surface area contributed by atoms with Crippen LogP contribution in [0.25, 0.3) is 11.1 Å². The van der Waals surface area contributed by atoms with Crippen molar-refractivity contribution >= 4 is 0 Å². The number of aromatic amines is 1. The lowest BCUT2D eigenvalue weighted by Crippen LogP contribution is -2.33. The molecule has 0 amide bonds. The van der Waals surface area contributed by atoms with Gasteiger partial charge in [-0.2, -0.15) is 0 Å². The molecule has 3 rings (SSSR count). The average Bonchev–Trinajstić information content (AvgIpc) is 3.09. The number of H-pyrrole nitrogens is 1. The second-order valence-corrected chi connectivity index (χ2v) is 5.98. The molecule has 2 aromatic carbocycles. The Hall–Kier alpha value is -2.46. The fraction of sp³-hybridized carbons (Fsp3) is 0.211. The molecule has 3 aromatic rings. The highest BCUT2D eigenvalue weighted by Crippen LogP contribution is 2.37. The Labute approximate surface area is 134 Å². The third kappa shape index (κ3) is 2.78. The average molecular weight is 310 g/mol. The van der Waals surface area contributed by atoms with Crippen molar-refractivity contribution in [3.8, 4) is 11.1 Å². The fourth-order valence-corrected chi connectivity index (χ4v) is 2.87. The minimum Gasteiger partial charge on any atom is -0.379 e. The van der Waals surface area contributed by atoms with Gasteiger partial charge in [0.25, 0.3) is 0 Å². The smallest absolute Gasteiger partial charge is 0.133 e. The molecular formula is C19H19FN2O. The van der Waals surface area contributed by atoms with Crippen molar-refractivity contribution < 1.29 is 9.50 Å². The van der Waals surface area contributed by atoms with E-state index in [-0.39, 0.29) is 11.7 Å². The molecule has 118 valence electrons. The van der Waals surface area contributed by atoms with E-state index in [1.165, 1.54) is 12.1 Å². The van der Waals surface area contributed by atoms with Crippen LogP contribution >= 0.6 is 0 Å². The van der Waals surface area contributed by atoms with E-state index in [4.69, 9.17) is 0 Å². The summed E-state index contributed by atoms with van der Waals surface area (Å²) in [4.78, 5) is 7.03. The van der Waals surface area contributed by atoms with Crippen molar-refractivity contribution in [1.29, 1.82) is 0 Å². The van der Waals surface area contributed by atoms with Gasteiger partial charge in [0.05, 0.1) is 18.2 Å². The summed E-state index contributed by atoms with van der Waals surface area (Å²) in [7, 11) is 0. The molecule has 0 spiro atoms. The minimum atomic E-state index is -1.18. The van der Waals surface area contributed by atoms with E-state index >= 15 is 0 Å². The van der Waals surface area contributed by atoms with Gasteiger partial charge < -0.3 is 10.1 Å². The first kappa shape index (κ1) is 15.4. The Balaban J connectivity index is 2.11. The van der Waals surface area contributed by atoms with Gasteiger partial charge in [-0.1, -0.05) is 44.2 Å². The molecular weight excluding hydrogens is 291 g/mol. The van der Waals surface area contributed by atoms with Gasteiger partial charge in [-0.15, -0.1) is 0 Å². The maximum atomic E-state index is 13.5. The van der Waals surface area contributed by atoms with Gasteiger partial charge in [-0.05, 0) is 40.8 Å². The number of hydrogen-bond donors (Lipinski definition) is 2. The summed E-state index contributed by atoms with van der Waals surface area (Å²) in [5.74, 6) is -0.341. The fourth-order valence-electron chi connectivity index (χ4n) is 2.87. The second kappa shape index (κ2) is 5.97. The molecule has 1 unspecified atom stereocenters. The highest BCUT2D eigenvalue weighted by atomic mass is 19.1. The number of nitrogens with one attached hydrogen (secondary N) is 1. The largest absolute Gasteiger partial charge is 0.379 e. The summed E-state index contributed by atoms with van der Waals surface area (Å²) in [6.07, 6.45) is 3.19. The van der Waals surface area contributed by atoms with E-state index in [1.54, 1.807) is 18.6 Å². The van der Waals surface area contributed by atoms with E-state index in [0.717, 1.165) is 16.7 Å². The van der Waals surface area contributed by atoms with Crippen LogP contribution in [0, 0.1) is 11.7 Å². The monoisotopic (exact) mass is 310 g/mol. The molecule has 0 fully saturated rings. The lowest BCUT2D eigenvalue weighted by atomic mass is 9.80. The maximum Gasteiger partial charge on any atom is 0.133 e. The van der Waals surface area contributed by atoms with Crippen LogP contribution in [0.4, 0.5) is 4.39 Å². The van der Waals surface area contributed by atoms with Crippen LogP contribution in [0.1, 0.15) is 25.1 Å². The Morgan fingerprint density at radius 2 is 1.78 bits per heavy atom. The predicted molar refractivity (Wildman–Crippen MR) is 88.3 cm³/mol. The summed E-state index contributed by atoms with van der Waals surface area (Å²) in [5, 5.41) is 11.3. The lowest BCUT2D eigenvalue weighted by Gasteiger charge is -2.32. The molecule has 1 heterocycles. The molecule has 23 heavy (non-hydrogen) atoms. The zero-order chi connectivity index (χ0) is 16.4. The van der Waals surface area contributed by atoms with Crippen LogP contribution in [0.3, 0.4) is 0 Å². The summed E-state index contributed by atoms with van der Waals surface area (Å²) < 4.78 is 13.5. The number of aromatic nitrogens is 2. The summed E-state index contributed by atoms with van der Waals surface area (Å²) in [6.45, 7) is 3.91. The van der Waals surface area contributed by atoms with Crippen molar-refractivity contribution in [1.82, 2.24) is 9.97 Å². The molecule has 1 atom stereocenters. The molecule has 0 aliphatic carbocycles. The van der Waals surface area contributed by atoms with E-state index < -0.39 is 5.60 Å². The molecule has 0 saturated carbocycles. The molecule has 2 N–H and O–H groups in total. The van der Waals surface area contributed by atoms with Gasteiger partial charge >= 0.3 is 0 Å². The standard InChI is InChI=1S/C19H19FN2O/c1-13(2)19(23,18-11-21-12-22-18)16-7-3-5-14(9-16)15-6-4-8-17(20)10-15/h3-13,23H,1-2H3,(H,21,22). The highest BCUT2D eigenvalue weighted by Gasteiger charge is 2.36. The first-order valence-electron chi connectivity index (χ1n) is 7.59. The van der Waals surface area contributed by atoms with Gasteiger partial charge in [-0.3, -0.25) is 0 Å². The van der Waals surface area contributed by atoms with E-state index in [1.807, 2.05) is 44.2 Å². The Morgan fingerprint density at radius 1 is 1.09 bits per heavy atom. The summed E-state index contributed by atoms with van der Waals surface area (Å²) in [6, 6.07) is 14.0. The summed E-state index contributed by atoms with van der Waals surface area (Å²) >= 11 is 0. The lowest BCUT2D eigenvalue weighted by molar-refractivity contribution is 0.0280. The molecule has 0 radical (unpaired) electrons. The number of aliphatic hydroxyl groups is 1. The molecule has 0 bridgehead atoms. The maximum absolute atomic E-state index is 13.5. The van der Waals surface area contributed by atoms with Crippen molar-refractivity contribution in [3.05, 3.63) is 78.1 Å². The van der Waals surface area contributed by atoms with Gasteiger partial charge in [0, 0.05) is 0 Å². The Morgan fingerprint density at radius 3 is 2.39 bits per heavy atom. The van der Waals surface area contributed by atoms with Gasteiger partial charge in [0.1, 0.15) is 11.4 Å². The normalized spacial score (nSPS) is 14.0. The number of hydrogen-bond acceptors (Lipinski definition) is 2. The van der Waals surface area contributed by atoms with Gasteiger partial charge in [0.15, 0.2) is 0 Å². The molecule has 3 nitrogen and oxygen atoms in total. The van der Waals surface area contributed by atoms with Crippen molar-refractivity contribution in [2.45, 2.75) is 19.4 Å². The SMILES string of the molecule is CC(C)C(O)(c1cccc(-c2cccc(F)c2)c1)c1cnc[nH]1. The van der Waals surface area contributed by atoms with E-state index in [0.29, 0.717) is 5.69 Å². The van der Waals surface area contributed by atoms with Gasteiger partial charge in [0.2, 0.25) is 0 Å². The topological polar surface area (TPSA) is 48.9 Å². The first-order chi connectivity index (χ1) is 11.0. The van der Waals surface area contributed by atoms with E-state index in [2.05, 4.69) is 9.97 Å². The quantitative estimate of drug-likeness (QED) is 0.762. The van der Waals surface area contributed by atoms with Gasteiger partial charge in [-0.25, -0.2) is 9.37 Å². The predicted octanol–water partition coefficient (Wildman–Crippen LogP) is 4.11. The third-order valence-electron chi connectivity index (χ3n) is 4.21. The van der Waals surface area contributed by atoms with Crippen molar-refractivity contribution in [2.75, 3.05) is 0 Å². The molecule has 0 aliphatic heterocycles. The van der Waals surface area contributed by atoms with Crippen LogP contribution in [0.5, 0.6) is 0 Å². The molecule has 1 aromatic heterocycles. The molecule has 0 saturated heterocycles. The van der Waals surface area contributed by atoms with E-state index in [9.17, 15) is 9.50 Å². The molecule has 4 heteroatoms. The Bertz CT molecular complexity index is 799. The third-order valence-corrected chi connectivity index (χ3v) is 4.21.